The molecule has 120 valence electrons. The summed E-state index contributed by atoms with van der Waals surface area (Å²) in [5.41, 5.74) is 1.99. The zero-order valence-electron chi connectivity index (χ0n) is 12.4. The Kier molecular flexibility index (Phi) is 4.56. The number of sulfonamides is 1. The first-order chi connectivity index (χ1) is 11.0. The number of hydrogen-bond donors (Lipinski definition) is 1. The van der Waals surface area contributed by atoms with Crippen LogP contribution < -0.4 is 4.72 Å². The van der Waals surface area contributed by atoms with E-state index >= 15 is 0 Å². The van der Waals surface area contributed by atoms with Gasteiger partial charge in [0.05, 0.1) is 0 Å². The summed E-state index contributed by atoms with van der Waals surface area (Å²) in [6, 6.07) is 11.0. The van der Waals surface area contributed by atoms with Gasteiger partial charge in [-0.25, -0.2) is 13.1 Å². The Labute approximate surface area is 138 Å². The summed E-state index contributed by atoms with van der Waals surface area (Å²) in [6.07, 6.45) is 0.337. The zero-order chi connectivity index (χ0) is 16.3. The van der Waals surface area contributed by atoms with Crippen molar-refractivity contribution in [1.82, 2.24) is 14.9 Å². The van der Waals surface area contributed by atoms with Gasteiger partial charge in [-0.1, -0.05) is 23.8 Å². The maximum absolute atomic E-state index is 12.0. The van der Waals surface area contributed by atoms with Crippen molar-refractivity contribution in [3.63, 3.8) is 0 Å². The fourth-order valence-electron chi connectivity index (χ4n) is 1.95. The van der Waals surface area contributed by atoms with Gasteiger partial charge in [-0.2, -0.15) is 0 Å². The van der Waals surface area contributed by atoms with E-state index in [9.17, 15) is 8.42 Å². The van der Waals surface area contributed by atoms with Gasteiger partial charge in [-0.05, 0) is 30.5 Å². The molecule has 0 saturated heterocycles. The molecule has 0 atom stereocenters. The second-order valence-electron chi connectivity index (χ2n) is 4.95. The van der Waals surface area contributed by atoms with E-state index in [0.29, 0.717) is 22.4 Å². The SMILES string of the molecule is Cc1ccc(-c2nnc(CCNS(=O)(=O)c3cccs3)o2)cc1. The largest absolute Gasteiger partial charge is 0.421 e. The van der Waals surface area contributed by atoms with E-state index < -0.39 is 10.0 Å². The molecule has 0 aliphatic carbocycles. The molecule has 0 unspecified atom stereocenters. The van der Waals surface area contributed by atoms with E-state index in [-0.39, 0.29) is 6.54 Å². The van der Waals surface area contributed by atoms with Crippen molar-refractivity contribution in [2.45, 2.75) is 17.6 Å². The van der Waals surface area contributed by atoms with E-state index in [0.717, 1.165) is 11.1 Å². The Hall–Kier alpha value is -2.03. The van der Waals surface area contributed by atoms with E-state index in [1.54, 1.807) is 17.5 Å². The molecule has 8 heteroatoms. The van der Waals surface area contributed by atoms with Gasteiger partial charge in [-0.3, -0.25) is 0 Å². The van der Waals surface area contributed by atoms with Gasteiger partial charge >= 0.3 is 0 Å². The van der Waals surface area contributed by atoms with Crippen LogP contribution in [-0.4, -0.2) is 25.2 Å². The quantitative estimate of drug-likeness (QED) is 0.739. The third kappa shape index (κ3) is 3.84. The minimum absolute atomic E-state index is 0.204. The third-order valence-electron chi connectivity index (χ3n) is 3.16. The van der Waals surface area contributed by atoms with Crippen LogP contribution in [0.4, 0.5) is 0 Å². The van der Waals surface area contributed by atoms with Crippen molar-refractivity contribution in [3.05, 3.63) is 53.2 Å². The first-order valence-electron chi connectivity index (χ1n) is 6.97. The van der Waals surface area contributed by atoms with E-state index in [2.05, 4.69) is 14.9 Å². The van der Waals surface area contributed by atoms with Crippen molar-refractivity contribution in [1.29, 1.82) is 0 Å². The molecule has 3 aromatic rings. The topological polar surface area (TPSA) is 85.1 Å². The number of thiophene rings is 1. The lowest BCUT2D eigenvalue weighted by atomic mass is 10.1. The molecule has 0 fully saturated rings. The lowest BCUT2D eigenvalue weighted by Crippen LogP contribution is -2.25. The molecule has 0 spiro atoms. The number of benzene rings is 1. The highest BCUT2D eigenvalue weighted by Gasteiger charge is 2.15. The van der Waals surface area contributed by atoms with Gasteiger partial charge in [0.25, 0.3) is 0 Å². The van der Waals surface area contributed by atoms with Crippen molar-refractivity contribution in [2.24, 2.45) is 0 Å². The number of hydrogen-bond acceptors (Lipinski definition) is 6. The predicted molar refractivity (Wildman–Crippen MR) is 87.7 cm³/mol. The summed E-state index contributed by atoms with van der Waals surface area (Å²) in [6.45, 7) is 2.21. The molecule has 0 radical (unpaired) electrons. The Morgan fingerprint density at radius 3 is 2.65 bits per heavy atom. The minimum Gasteiger partial charge on any atom is -0.421 e. The average Bonchev–Trinajstić information content (AvgIpc) is 3.19. The van der Waals surface area contributed by atoms with Crippen LogP contribution in [0.5, 0.6) is 0 Å². The number of aryl methyl sites for hydroxylation is 1. The molecular weight excluding hydrogens is 334 g/mol. The molecule has 2 aromatic heterocycles. The average molecular weight is 349 g/mol. The summed E-state index contributed by atoms with van der Waals surface area (Å²) in [5.74, 6) is 0.829. The molecule has 2 heterocycles. The van der Waals surface area contributed by atoms with E-state index in [1.807, 2.05) is 31.2 Å². The lowest BCUT2D eigenvalue weighted by Gasteiger charge is -2.02. The van der Waals surface area contributed by atoms with Crippen molar-refractivity contribution >= 4 is 21.4 Å². The standard InChI is InChI=1S/C15H15N3O3S2/c1-11-4-6-12(7-5-11)15-18-17-13(21-15)8-9-16-23(19,20)14-3-2-10-22-14/h2-7,10,16H,8-9H2,1H3. The van der Waals surface area contributed by atoms with Crippen LogP contribution in [0, 0.1) is 6.92 Å². The van der Waals surface area contributed by atoms with Gasteiger partial charge in [0.15, 0.2) is 0 Å². The number of nitrogens with zero attached hydrogens (tertiary/aromatic N) is 2. The molecule has 0 bridgehead atoms. The first-order valence-corrected chi connectivity index (χ1v) is 9.33. The first kappa shape index (κ1) is 15.9. The van der Waals surface area contributed by atoms with Crippen LogP contribution in [-0.2, 0) is 16.4 Å². The molecular formula is C15H15N3O3S2. The lowest BCUT2D eigenvalue weighted by molar-refractivity contribution is 0.502. The highest BCUT2D eigenvalue weighted by Crippen LogP contribution is 2.18. The molecule has 3 rings (SSSR count). The Balaban J connectivity index is 1.61. The minimum atomic E-state index is -3.46. The second-order valence-corrected chi connectivity index (χ2v) is 7.89. The number of aromatic nitrogens is 2. The summed E-state index contributed by atoms with van der Waals surface area (Å²) < 4.78 is 32.3. The van der Waals surface area contributed by atoms with Crippen LogP contribution in [0.3, 0.4) is 0 Å². The Morgan fingerprint density at radius 1 is 1.17 bits per heavy atom. The Bertz CT molecular complexity index is 869. The van der Waals surface area contributed by atoms with Crippen molar-refractivity contribution in [3.8, 4) is 11.5 Å². The predicted octanol–water partition coefficient (Wildman–Crippen LogP) is 2.63. The summed E-state index contributed by atoms with van der Waals surface area (Å²) in [5, 5.41) is 9.66. The molecule has 0 aliphatic heterocycles. The third-order valence-corrected chi connectivity index (χ3v) is 6.01. The molecule has 6 nitrogen and oxygen atoms in total. The Morgan fingerprint density at radius 2 is 1.96 bits per heavy atom. The molecule has 0 aliphatic rings. The normalized spacial score (nSPS) is 11.7. The zero-order valence-corrected chi connectivity index (χ0v) is 14.0. The van der Waals surface area contributed by atoms with Crippen LogP contribution >= 0.6 is 11.3 Å². The fraction of sp³-hybridized carbons (Fsp3) is 0.200. The van der Waals surface area contributed by atoms with E-state index in [4.69, 9.17) is 4.42 Å². The van der Waals surface area contributed by atoms with Gasteiger partial charge in [0, 0.05) is 18.5 Å². The fourth-order valence-corrected chi connectivity index (χ4v) is 4.02. The van der Waals surface area contributed by atoms with Gasteiger partial charge in [-0.15, -0.1) is 21.5 Å². The van der Waals surface area contributed by atoms with Gasteiger partial charge in [0.2, 0.25) is 21.8 Å². The smallest absolute Gasteiger partial charge is 0.250 e. The molecule has 0 saturated carbocycles. The monoisotopic (exact) mass is 349 g/mol. The summed E-state index contributed by atoms with van der Waals surface area (Å²) in [7, 11) is -3.46. The highest BCUT2D eigenvalue weighted by atomic mass is 32.2. The maximum Gasteiger partial charge on any atom is 0.250 e. The second kappa shape index (κ2) is 6.61. The molecule has 0 amide bonds. The number of rotatable bonds is 6. The van der Waals surface area contributed by atoms with Crippen LogP contribution in [0.25, 0.3) is 11.5 Å². The van der Waals surface area contributed by atoms with Crippen LogP contribution in [0.15, 0.2) is 50.4 Å². The van der Waals surface area contributed by atoms with Crippen molar-refractivity contribution < 1.29 is 12.8 Å². The molecule has 1 aromatic carbocycles. The maximum atomic E-state index is 12.0. The summed E-state index contributed by atoms with van der Waals surface area (Å²) in [4.78, 5) is 0. The summed E-state index contributed by atoms with van der Waals surface area (Å²) >= 11 is 1.18. The molecule has 23 heavy (non-hydrogen) atoms. The van der Waals surface area contributed by atoms with Crippen LogP contribution in [0.1, 0.15) is 11.5 Å². The number of nitrogens with one attached hydrogen (secondary N) is 1. The molecule has 1 N–H and O–H groups in total. The highest BCUT2D eigenvalue weighted by molar-refractivity contribution is 7.91. The van der Waals surface area contributed by atoms with Crippen molar-refractivity contribution in [2.75, 3.05) is 6.54 Å². The van der Waals surface area contributed by atoms with Gasteiger partial charge in [0.1, 0.15) is 4.21 Å². The van der Waals surface area contributed by atoms with Crippen LogP contribution in [0.2, 0.25) is 0 Å². The van der Waals surface area contributed by atoms with E-state index in [1.165, 1.54) is 11.3 Å². The van der Waals surface area contributed by atoms with Gasteiger partial charge < -0.3 is 4.42 Å².